The van der Waals surface area contributed by atoms with Crippen LogP contribution in [-0.2, 0) is 22.6 Å². The quantitative estimate of drug-likeness (QED) is 0.558. The predicted molar refractivity (Wildman–Crippen MR) is 112 cm³/mol. The SMILES string of the molecule is CCc1ccc(NC(=O)COC(=O)c2ccccc2OCc2csc(C)n2)cc1. The molecule has 0 atom stereocenters. The standard InChI is InChI=1S/C22H22N2O4S/c1-3-16-8-10-17(11-9-16)24-21(25)13-28-22(26)19-6-4-5-7-20(19)27-12-18-14-29-15(2)23-18/h4-11,14H,3,12-13H2,1-2H3,(H,24,25). The number of carbonyl (C=O) groups excluding carboxylic acids is 2. The van der Waals surface area contributed by atoms with Gasteiger partial charge in [-0.05, 0) is 43.2 Å². The number of anilines is 1. The normalized spacial score (nSPS) is 10.4. The fraction of sp³-hybridized carbons (Fsp3) is 0.227. The third-order valence-corrected chi connectivity index (χ3v) is 4.95. The summed E-state index contributed by atoms with van der Waals surface area (Å²) in [6, 6.07) is 14.3. The Balaban J connectivity index is 1.55. The second-order valence-corrected chi connectivity index (χ2v) is 7.38. The van der Waals surface area contributed by atoms with E-state index >= 15 is 0 Å². The molecule has 0 fully saturated rings. The lowest BCUT2D eigenvalue weighted by Gasteiger charge is -2.11. The highest BCUT2D eigenvalue weighted by molar-refractivity contribution is 7.09. The van der Waals surface area contributed by atoms with Gasteiger partial charge in [-0.3, -0.25) is 4.79 Å². The third kappa shape index (κ3) is 5.89. The van der Waals surface area contributed by atoms with Gasteiger partial charge in [0.25, 0.3) is 5.91 Å². The Hall–Kier alpha value is -3.19. The van der Waals surface area contributed by atoms with E-state index in [0.717, 1.165) is 17.1 Å². The van der Waals surface area contributed by atoms with E-state index < -0.39 is 11.9 Å². The molecule has 0 bridgehead atoms. The highest BCUT2D eigenvalue weighted by atomic mass is 32.1. The molecule has 0 spiro atoms. The number of rotatable bonds is 8. The molecule has 150 valence electrons. The number of amides is 1. The second-order valence-electron chi connectivity index (χ2n) is 6.32. The molecule has 0 saturated carbocycles. The Kier molecular flexibility index (Phi) is 6.97. The number of benzene rings is 2. The molecule has 1 N–H and O–H groups in total. The van der Waals surface area contributed by atoms with Crippen molar-refractivity contribution in [3.8, 4) is 5.75 Å². The minimum absolute atomic E-state index is 0.253. The van der Waals surface area contributed by atoms with E-state index in [1.807, 2.05) is 36.6 Å². The molecule has 0 radical (unpaired) electrons. The monoisotopic (exact) mass is 410 g/mol. The van der Waals surface area contributed by atoms with Gasteiger partial charge in [0.1, 0.15) is 17.9 Å². The Bertz CT molecular complexity index is 982. The average molecular weight is 410 g/mol. The third-order valence-electron chi connectivity index (χ3n) is 4.13. The van der Waals surface area contributed by atoms with Gasteiger partial charge >= 0.3 is 5.97 Å². The highest BCUT2D eigenvalue weighted by Crippen LogP contribution is 2.21. The van der Waals surface area contributed by atoms with Crippen LogP contribution in [0.1, 0.15) is 33.5 Å². The van der Waals surface area contributed by atoms with Gasteiger partial charge in [-0.1, -0.05) is 31.2 Å². The lowest BCUT2D eigenvalue weighted by molar-refractivity contribution is -0.119. The largest absolute Gasteiger partial charge is 0.486 e. The molecule has 0 unspecified atom stereocenters. The minimum atomic E-state index is -0.619. The average Bonchev–Trinajstić information content (AvgIpc) is 3.16. The van der Waals surface area contributed by atoms with Crippen LogP contribution in [0.3, 0.4) is 0 Å². The molecule has 0 aliphatic carbocycles. The van der Waals surface area contributed by atoms with Crippen molar-refractivity contribution in [3.63, 3.8) is 0 Å². The number of thiazole rings is 1. The van der Waals surface area contributed by atoms with E-state index in [0.29, 0.717) is 11.4 Å². The molecule has 1 amide bonds. The molecule has 6 nitrogen and oxygen atoms in total. The van der Waals surface area contributed by atoms with Crippen molar-refractivity contribution in [2.75, 3.05) is 11.9 Å². The van der Waals surface area contributed by atoms with Crippen molar-refractivity contribution < 1.29 is 19.1 Å². The van der Waals surface area contributed by atoms with E-state index in [2.05, 4.69) is 17.2 Å². The van der Waals surface area contributed by atoms with Gasteiger partial charge in [-0.25, -0.2) is 9.78 Å². The summed E-state index contributed by atoms with van der Waals surface area (Å²) in [6.45, 7) is 3.85. The van der Waals surface area contributed by atoms with Crippen LogP contribution in [-0.4, -0.2) is 23.5 Å². The fourth-order valence-corrected chi connectivity index (χ4v) is 3.21. The smallest absolute Gasteiger partial charge is 0.342 e. The number of hydrogen-bond acceptors (Lipinski definition) is 6. The maximum absolute atomic E-state index is 12.4. The maximum Gasteiger partial charge on any atom is 0.342 e. The Morgan fingerprint density at radius 3 is 2.55 bits per heavy atom. The molecule has 3 aromatic rings. The molecular weight excluding hydrogens is 388 g/mol. The number of para-hydroxylation sites is 1. The van der Waals surface area contributed by atoms with Crippen LogP contribution in [0.25, 0.3) is 0 Å². The summed E-state index contributed by atoms with van der Waals surface area (Å²) in [5.41, 5.74) is 2.90. The van der Waals surface area contributed by atoms with Gasteiger partial charge in [0.15, 0.2) is 6.61 Å². The number of carbonyl (C=O) groups is 2. The van der Waals surface area contributed by atoms with Crippen LogP contribution in [0.15, 0.2) is 53.9 Å². The number of hydrogen-bond donors (Lipinski definition) is 1. The van der Waals surface area contributed by atoms with Gasteiger partial charge < -0.3 is 14.8 Å². The summed E-state index contributed by atoms with van der Waals surface area (Å²) in [4.78, 5) is 28.8. The second kappa shape index (κ2) is 9.84. The van der Waals surface area contributed by atoms with E-state index in [1.54, 1.807) is 24.3 Å². The van der Waals surface area contributed by atoms with E-state index in [9.17, 15) is 9.59 Å². The molecule has 1 aromatic heterocycles. The minimum Gasteiger partial charge on any atom is -0.486 e. The van der Waals surface area contributed by atoms with E-state index in [4.69, 9.17) is 9.47 Å². The topological polar surface area (TPSA) is 77.5 Å². The number of ether oxygens (including phenoxy) is 2. The zero-order valence-corrected chi connectivity index (χ0v) is 17.1. The van der Waals surface area contributed by atoms with Gasteiger partial charge in [0.2, 0.25) is 0 Å². The molecule has 1 heterocycles. The van der Waals surface area contributed by atoms with Crippen molar-refractivity contribution in [3.05, 3.63) is 75.7 Å². The van der Waals surface area contributed by atoms with Crippen molar-refractivity contribution in [2.24, 2.45) is 0 Å². The van der Waals surface area contributed by atoms with Gasteiger partial charge in [0.05, 0.1) is 10.7 Å². The maximum atomic E-state index is 12.4. The lowest BCUT2D eigenvalue weighted by Crippen LogP contribution is -2.21. The first-order valence-corrected chi connectivity index (χ1v) is 10.1. The van der Waals surface area contributed by atoms with Crippen molar-refractivity contribution in [1.82, 2.24) is 4.98 Å². The first-order valence-electron chi connectivity index (χ1n) is 9.24. The van der Waals surface area contributed by atoms with Gasteiger partial charge in [0, 0.05) is 11.1 Å². The van der Waals surface area contributed by atoms with Crippen molar-refractivity contribution in [1.29, 1.82) is 0 Å². The zero-order chi connectivity index (χ0) is 20.6. The summed E-state index contributed by atoms with van der Waals surface area (Å²) < 4.78 is 10.9. The van der Waals surface area contributed by atoms with Gasteiger partial charge in [-0.2, -0.15) is 0 Å². The van der Waals surface area contributed by atoms with Crippen molar-refractivity contribution in [2.45, 2.75) is 26.9 Å². The molecule has 0 aliphatic rings. The number of aryl methyl sites for hydroxylation is 2. The summed E-state index contributed by atoms with van der Waals surface area (Å²) in [7, 11) is 0. The summed E-state index contributed by atoms with van der Waals surface area (Å²) in [5.74, 6) is -0.635. The summed E-state index contributed by atoms with van der Waals surface area (Å²) in [6.07, 6.45) is 0.926. The Labute approximate surface area is 173 Å². The van der Waals surface area contributed by atoms with Crippen LogP contribution < -0.4 is 10.1 Å². The Morgan fingerprint density at radius 1 is 1.10 bits per heavy atom. The van der Waals surface area contributed by atoms with E-state index in [1.165, 1.54) is 16.9 Å². The number of aromatic nitrogens is 1. The molecular formula is C22H22N2O4S. The van der Waals surface area contributed by atoms with Crippen LogP contribution in [0.5, 0.6) is 5.75 Å². The molecule has 7 heteroatoms. The van der Waals surface area contributed by atoms with Crippen LogP contribution >= 0.6 is 11.3 Å². The van der Waals surface area contributed by atoms with Crippen LogP contribution in [0, 0.1) is 6.92 Å². The molecule has 0 aliphatic heterocycles. The van der Waals surface area contributed by atoms with E-state index in [-0.39, 0.29) is 18.8 Å². The first-order chi connectivity index (χ1) is 14.0. The van der Waals surface area contributed by atoms with Crippen LogP contribution in [0.2, 0.25) is 0 Å². The summed E-state index contributed by atoms with van der Waals surface area (Å²) >= 11 is 1.54. The Morgan fingerprint density at radius 2 is 1.86 bits per heavy atom. The van der Waals surface area contributed by atoms with Crippen molar-refractivity contribution >= 4 is 28.9 Å². The number of esters is 1. The molecule has 0 saturated heterocycles. The zero-order valence-electron chi connectivity index (χ0n) is 16.3. The van der Waals surface area contributed by atoms with Crippen LogP contribution in [0.4, 0.5) is 5.69 Å². The first kappa shape index (κ1) is 20.5. The number of nitrogens with zero attached hydrogens (tertiary/aromatic N) is 1. The molecule has 29 heavy (non-hydrogen) atoms. The van der Waals surface area contributed by atoms with Gasteiger partial charge in [-0.15, -0.1) is 11.3 Å². The molecule has 3 rings (SSSR count). The lowest BCUT2D eigenvalue weighted by atomic mass is 10.1. The highest BCUT2D eigenvalue weighted by Gasteiger charge is 2.16. The predicted octanol–water partition coefficient (Wildman–Crippen LogP) is 4.39. The fourth-order valence-electron chi connectivity index (χ4n) is 2.62. The number of nitrogens with one attached hydrogen (secondary N) is 1. The summed E-state index contributed by atoms with van der Waals surface area (Å²) in [5, 5.41) is 5.57. The molecule has 2 aromatic carbocycles.